The SMILES string of the molecule is CCCN(C1CC1)S(=O)(=O)N1CCCC(CNC2CC2)C1. The molecule has 0 radical (unpaired) electrons. The Morgan fingerprint density at radius 3 is 2.57 bits per heavy atom. The van der Waals surface area contributed by atoms with Crippen molar-refractivity contribution in [3.63, 3.8) is 0 Å². The molecule has 3 fully saturated rings. The van der Waals surface area contributed by atoms with Gasteiger partial charge in [0.25, 0.3) is 10.2 Å². The highest BCUT2D eigenvalue weighted by Gasteiger charge is 2.41. The van der Waals surface area contributed by atoms with E-state index in [-0.39, 0.29) is 6.04 Å². The van der Waals surface area contributed by atoms with Crippen molar-refractivity contribution >= 4 is 10.2 Å². The van der Waals surface area contributed by atoms with Crippen molar-refractivity contribution < 1.29 is 8.42 Å². The third-order valence-corrected chi connectivity index (χ3v) is 6.83. The van der Waals surface area contributed by atoms with Crippen LogP contribution < -0.4 is 5.32 Å². The van der Waals surface area contributed by atoms with Crippen LogP contribution in [0.5, 0.6) is 0 Å². The molecule has 2 aliphatic carbocycles. The number of hydrogen-bond acceptors (Lipinski definition) is 3. The van der Waals surface area contributed by atoms with Gasteiger partial charge in [0, 0.05) is 31.7 Å². The normalized spacial score (nSPS) is 28.2. The Balaban J connectivity index is 1.59. The maximum Gasteiger partial charge on any atom is 0.282 e. The molecule has 3 aliphatic rings. The highest BCUT2D eigenvalue weighted by Crippen LogP contribution is 2.32. The molecule has 1 N–H and O–H groups in total. The minimum atomic E-state index is -3.24. The molecule has 0 spiro atoms. The molecule has 5 nitrogen and oxygen atoms in total. The molecule has 0 aromatic rings. The molecule has 21 heavy (non-hydrogen) atoms. The van der Waals surface area contributed by atoms with Crippen molar-refractivity contribution in [2.45, 2.75) is 64.0 Å². The smallest absolute Gasteiger partial charge is 0.282 e. The van der Waals surface area contributed by atoms with Crippen LogP contribution in [0.3, 0.4) is 0 Å². The van der Waals surface area contributed by atoms with Gasteiger partial charge in [0.1, 0.15) is 0 Å². The van der Waals surface area contributed by atoms with E-state index < -0.39 is 10.2 Å². The predicted molar refractivity (Wildman–Crippen MR) is 84.3 cm³/mol. The summed E-state index contributed by atoms with van der Waals surface area (Å²) in [6, 6.07) is 0.986. The molecular formula is C15H29N3O2S. The molecule has 6 heteroatoms. The minimum Gasteiger partial charge on any atom is -0.314 e. The fraction of sp³-hybridized carbons (Fsp3) is 1.00. The van der Waals surface area contributed by atoms with Gasteiger partial charge in [-0.05, 0) is 57.4 Å². The Morgan fingerprint density at radius 1 is 1.19 bits per heavy atom. The first-order chi connectivity index (χ1) is 10.1. The van der Waals surface area contributed by atoms with Gasteiger partial charge >= 0.3 is 0 Å². The Kier molecular flexibility index (Phi) is 4.88. The standard InChI is InChI=1S/C15H29N3O2S/c1-2-9-18(15-7-8-15)21(19,20)17-10-3-4-13(12-17)11-16-14-5-6-14/h13-16H,2-12H2,1H3. The molecule has 1 unspecified atom stereocenters. The second kappa shape index (κ2) is 6.52. The van der Waals surface area contributed by atoms with E-state index in [2.05, 4.69) is 12.2 Å². The van der Waals surface area contributed by atoms with Gasteiger partial charge in [-0.15, -0.1) is 0 Å². The molecule has 122 valence electrons. The van der Waals surface area contributed by atoms with Gasteiger partial charge < -0.3 is 5.32 Å². The summed E-state index contributed by atoms with van der Waals surface area (Å²) in [5.74, 6) is 0.483. The maximum atomic E-state index is 12.9. The highest BCUT2D eigenvalue weighted by atomic mass is 32.2. The fourth-order valence-corrected chi connectivity index (χ4v) is 5.30. The van der Waals surface area contributed by atoms with Crippen LogP contribution in [0.4, 0.5) is 0 Å². The van der Waals surface area contributed by atoms with Gasteiger partial charge in [-0.2, -0.15) is 17.0 Å². The third-order valence-electron chi connectivity index (χ3n) is 4.78. The monoisotopic (exact) mass is 315 g/mol. The number of hydrogen-bond donors (Lipinski definition) is 1. The summed E-state index contributed by atoms with van der Waals surface area (Å²) in [5, 5.41) is 3.55. The molecule has 1 atom stereocenters. The van der Waals surface area contributed by atoms with Gasteiger partial charge in [0.05, 0.1) is 0 Å². The van der Waals surface area contributed by atoms with Gasteiger partial charge in [0.2, 0.25) is 0 Å². The van der Waals surface area contributed by atoms with Crippen molar-refractivity contribution in [1.29, 1.82) is 0 Å². The molecule has 1 heterocycles. The Labute approximate surface area is 129 Å². The number of rotatable bonds is 8. The zero-order chi connectivity index (χ0) is 14.9. The predicted octanol–water partition coefficient (Wildman–Crippen LogP) is 1.57. The van der Waals surface area contributed by atoms with Crippen LogP contribution >= 0.6 is 0 Å². The van der Waals surface area contributed by atoms with Crippen molar-refractivity contribution in [3.05, 3.63) is 0 Å². The fourth-order valence-electron chi connectivity index (χ4n) is 3.24. The van der Waals surface area contributed by atoms with Crippen LogP contribution in [0, 0.1) is 5.92 Å². The average Bonchev–Trinajstić information content (AvgIpc) is 3.37. The van der Waals surface area contributed by atoms with Crippen molar-refractivity contribution in [2.24, 2.45) is 5.92 Å². The van der Waals surface area contributed by atoms with Crippen molar-refractivity contribution in [2.75, 3.05) is 26.2 Å². The quantitative estimate of drug-likeness (QED) is 0.740. The third kappa shape index (κ3) is 3.97. The van der Waals surface area contributed by atoms with Crippen LogP contribution in [0.1, 0.15) is 51.9 Å². The lowest BCUT2D eigenvalue weighted by molar-refractivity contribution is 0.239. The van der Waals surface area contributed by atoms with Crippen LogP contribution in [0.2, 0.25) is 0 Å². The van der Waals surface area contributed by atoms with E-state index >= 15 is 0 Å². The molecular weight excluding hydrogens is 286 g/mol. The second-order valence-corrected chi connectivity index (χ2v) is 8.78. The largest absolute Gasteiger partial charge is 0.314 e. The average molecular weight is 315 g/mol. The number of piperidine rings is 1. The van der Waals surface area contributed by atoms with Crippen molar-refractivity contribution in [1.82, 2.24) is 13.9 Å². The first kappa shape index (κ1) is 15.7. The maximum absolute atomic E-state index is 12.9. The Bertz CT molecular complexity index is 446. The van der Waals surface area contributed by atoms with E-state index in [4.69, 9.17) is 0 Å². The molecule has 1 saturated heterocycles. The summed E-state index contributed by atoms with van der Waals surface area (Å²) >= 11 is 0. The van der Waals surface area contributed by atoms with E-state index in [1.165, 1.54) is 12.8 Å². The van der Waals surface area contributed by atoms with Crippen LogP contribution in [-0.2, 0) is 10.2 Å². The second-order valence-electron chi connectivity index (χ2n) is 6.90. The summed E-state index contributed by atoms with van der Waals surface area (Å²) in [6.45, 7) is 5.12. The summed E-state index contributed by atoms with van der Waals surface area (Å²) in [7, 11) is -3.24. The van der Waals surface area contributed by atoms with E-state index in [1.54, 1.807) is 8.61 Å². The summed E-state index contributed by atoms with van der Waals surface area (Å²) in [5.41, 5.74) is 0. The zero-order valence-corrected chi connectivity index (χ0v) is 13.9. The van der Waals surface area contributed by atoms with E-state index in [1.807, 2.05) is 0 Å². The molecule has 1 aliphatic heterocycles. The summed E-state index contributed by atoms with van der Waals surface area (Å²) in [4.78, 5) is 0. The zero-order valence-electron chi connectivity index (χ0n) is 13.1. The molecule has 0 aromatic heterocycles. The van der Waals surface area contributed by atoms with Gasteiger partial charge in [-0.1, -0.05) is 6.92 Å². The Hall–Kier alpha value is -0.170. The van der Waals surface area contributed by atoms with Gasteiger partial charge in [-0.25, -0.2) is 0 Å². The molecule has 0 amide bonds. The first-order valence-corrected chi connectivity index (χ1v) is 10.0. The molecule has 0 bridgehead atoms. The van der Waals surface area contributed by atoms with Crippen LogP contribution in [0.15, 0.2) is 0 Å². The molecule has 2 saturated carbocycles. The highest BCUT2D eigenvalue weighted by molar-refractivity contribution is 7.86. The lowest BCUT2D eigenvalue weighted by atomic mass is 10.00. The van der Waals surface area contributed by atoms with E-state index in [0.717, 1.165) is 38.6 Å². The molecule has 3 rings (SSSR count). The Morgan fingerprint density at radius 2 is 1.95 bits per heavy atom. The summed E-state index contributed by atoms with van der Waals surface area (Å²) < 4.78 is 29.3. The number of nitrogens with zero attached hydrogens (tertiary/aromatic N) is 2. The van der Waals surface area contributed by atoms with Crippen molar-refractivity contribution in [3.8, 4) is 0 Å². The van der Waals surface area contributed by atoms with Gasteiger partial charge in [0.15, 0.2) is 0 Å². The van der Waals surface area contributed by atoms with Crippen LogP contribution in [0.25, 0.3) is 0 Å². The molecule has 0 aromatic carbocycles. The minimum absolute atomic E-state index is 0.278. The number of nitrogens with one attached hydrogen (secondary N) is 1. The lowest BCUT2D eigenvalue weighted by Crippen LogP contribution is -2.50. The van der Waals surface area contributed by atoms with Gasteiger partial charge in [-0.3, -0.25) is 0 Å². The van der Waals surface area contributed by atoms with Crippen LogP contribution in [-0.4, -0.2) is 55.3 Å². The first-order valence-electron chi connectivity index (χ1n) is 8.61. The lowest BCUT2D eigenvalue weighted by Gasteiger charge is -2.35. The summed E-state index contributed by atoms with van der Waals surface area (Å²) in [6.07, 6.45) is 7.72. The van der Waals surface area contributed by atoms with E-state index in [0.29, 0.717) is 31.6 Å². The topological polar surface area (TPSA) is 52.7 Å². The van der Waals surface area contributed by atoms with E-state index in [9.17, 15) is 8.42 Å².